The molecule has 1 saturated heterocycles. The fourth-order valence-electron chi connectivity index (χ4n) is 3.47. The number of amidine groups is 1. The molecule has 3 heterocycles. The van der Waals surface area contributed by atoms with Gasteiger partial charge in [-0.15, -0.1) is 0 Å². The lowest BCUT2D eigenvalue weighted by molar-refractivity contribution is 0.278. The van der Waals surface area contributed by atoms with Crippen LogP contribution in [0.3, 0.4) is 0 Å². The molecule has 0 spiro atoms. The fourth-order valence-corrected chi connectivity index (χ4v) is 3.47. The van der Waals surface area contributed by atoms with Crippen LogP contribution in [0.2, 0.25) is 0 Å². The van der Waals surface area contributed by atoms with Crippen molar-refractivity contribution in [2.75, 3.05) is 13.1 Å². The summed E-state index contributed by atoms with van der Waals surface area (Å²) in [7, 11) is 0. The minimum Gasteiger partial charge on any atom is -0.403 e. The summed E-state index contributed by atoms with van der Waals surface area (Å²) >= 11 is 0. The van der Waals surface area contributed by atoms with E-state index in [1.54, 1.807) is 0 Å². The van der Waals surface area contributed by atoms with Gasteiger partial charge in [-0.1, -0.05) is 25.4 Å². The molecule has 1 aliphatic rings. The van der Waals surface area contributed by atoms with E-state index in [0.717, 1.165) is 57.5 Å². The number of aromatic nitrogens is 2. The minimum atomic E-state index is -0.522. The molecule has 0 bridgehead atoms. The standard InChI is InChI=1S/C20H28N4O4/c1-3-5-10-14-13-16(25)27-19-17(14)18(26)21-20(22-19)28-23-15(9-4-2)24-11-7-6-8-12-24/h13H,3-12H2,1-2H3,(H,21,22,26)/b23-15-. The molecule has 3 rings (SSSR count). The van der Waals surface area contributed by atoms with Gasteiger partial charge in [0.1, 0.15) is 11.2 Å². The van der Waals surface area contributed by atoms with Crippen molar-refractivity contribution in [3.63, 3.8) is 0 Å². The van der Waals surface area contributed by atoms with Gasteiger partial charge in [-0.05, 0) is 44.1 Å². The van der Waals surface area contributed by atoms with Crippen LogP contribution >= 0.6 is 0 Å². The van der Waals surface area contributed by atoms with Crippen molar-refractivity contribution in [2.24, 2.45) is 5.16 Å². The number of piperidine rings is 1. The SMILES string of the molecule is CCCCc1cc(=O)oc2nc(O/N=C(/CCC)N3CCCCC3)[nH]c(=O)c12. The first-order valence-electron chi connectivity index (χ1n) is 10.2. The van der Waals surface area contributed by atoms with Crippen molar-refractivity contribution in [1.82, 2.24) is 14.9 Å². The lowest BCUT2D eigenvalue weighted by Crippen LogP contribution is -2.36. The number of likely N-dealkylation sites (tertiary alicyclic amines) is 1. The summed E-state index contributed by atoms with van der Waals surface area (Å²) in [4.78, 5) is 38.9. The Morgan fingerprint density at radius 3 is 2.75 bits per heavy atom. The van der Waals surface area contributed by atoms with E-state index < -0.39 is 5.63 Å². The van der Waals surface area contributed by atoms with E-state index in [-0.39, 0.29) is 17.3 Å². The molecule has 0 unspecified atom stereocenters. The Morgan fingerprint density at radius 1 is 1.25 bits per heavy atom. The van der Waals surface area contributed by atoms with Gasteiger partial charge in [0.25, 0.3) is 5.56 Å². The van der Waals surface area contributed by atoms with Crippen LogP contribution < -0.4 is 16.0 Å². The zero-order valence-corrected chi connectivity index (χ0v) is 16.6. The summed E-state index contributed by atoms with van der Waals surface area (Å²) in [6.07, 6.45) is 7.69. The summed E-state index contributed by atoms with van der Waals surface area (Å²) < 4.78 is 5.15. The number of nitrogens with zero attached hydrogens (tertiary/aromatic N) is 3. The highest BCUT2D eigenvalue weighted by Gasteiger charge is 2.16. The predicted molar refractivity (Wildman–Crippen MR) is 108 cm³/mol. The molecule has 28 heavy (non-hydrogen) atoms. The third-order valence-corrected chi connectivity index (χ3v) is 4.91. The highest BCUT2D eigenvalue weighted by atomic mass is 16.6. The number of nitrogens with one attached hydrogen (secondary N) is 1. The number of rotatable bonds is 7. The first kappa shape index (κ1) is 20.1. The highest BCUT2D eigenvalue weighted by molar-refractivity contribution is 5.82. The Kier molecular flexibility index (Phi) is 6.84. The van der Waals surface area contributed by atoms with Crippen LogP contribution in [-0.2, 0) is 6.42 Å². The van der Waals surface area contributed by atoms with Gasteiger partial charge in [-0.25, -0.2) is 4.79 Å². The Bertz CT molecular complexity index is 941. The molecule has 1 aliphatic heterocycles. The Morgan fingerprint density at radius 2 is 2.04 bits per heavy atom. The van der Waals surface area contributed by atoms with E-state index in [4.69, 9.17) is 9.25 Å². The van der Waals surface area contributed by atoms with Gasteiger partial charge in [-0.3, -0.25) is 9.78 Å². The molecule has 152 valence electrons. The minimum absolute atomic E-state index is 0.0115. The third kappa shape index (κ3) is 4.79. The van der Waals surface area contributed by atoms with Crippen LogP contribution in [0.25, 0.3) is 11.1 Å². The average Bonchev–Trinajstić information content (AvgIpc) is 2.69. The first-order chi connectivity index (χ1) is 13.6. The Balaban J connectivity index is 1.90. The van der Waals surface area contributed by atoms with Gasteiger partial charge >= 0.3 is 11.6 Å². The summed E-state index contributed by atoms with van der Waals surface area (Å²) in [6, 6.07) is 1.29. The molecule has 2 aromatic rings. The molecule has 1 fully saturated rings. The molecule has 0 saturated carbocycles. The number of oxime groups is 1. The maximum atomic E-state index is 12.6. The van der Waals surface area contributed by atoms with Crippen molar-refractivity contribution in [2.45, 2.75) is 65.2 Å². The second-order valence-corrected chi connectivity index (χ2v) is 7.14. The van der Waals surface area contributed by atoms with E-state index in [9.17, 15) is 9.59 Å². The van der Waals surface area contributed by atoms with Crippen LogP contribution in [0.1, 0.15) is 64.4 Å². The van der Waals surface area contributed by atoms with Crippen molar-refractivity contribution >= 4 is 16.9 Å². The maximum absolute atomic E-state index is 12.6. The summed E-state index contributed by atoms with van der Waals surface area (Å²) in [5.41, 5.74) is -0.273. The van der Waals surface area contributed by atoms with E-state index in [1.165, 1.54) is 12.5 Å². The van der Waals surface area contributed by atoms with Gasteiger partial charge in [0, 0.05) is 25.6 Å². The van der Waals surface area contributed by atoms with Gasteiger partial charge in [0.15, 0.2) is 0 Å². The number of aryl methyl sites for hydroxylation is 1. The third-order valence-electron chi connectivity index (χ3n) is 4.91. The molecule has 0 amide bonds. The lowest BCUT2D eigenvalue weighted by atomic mass is 10.1. The molecule has 8 nitrogen and oxygen atoms in total. The zero-order valence-electron chi connectivity index (χ0n) is 16.6. The van der Waals surface area contributed by atoms with Gasteiger partial charge in [-0.2, -0.15) is 4.98 Å². The molecule has 1 N–H and O–H groups in total. The van der Waals surface area contributed by atoms with Gasteiger partial charge < -0.3 is 14.2 Å². The van der Waals surface area contributed by atoms with E-state index in [1.807, 2.05) is 0 Å². The molecule has 0 aromatic carbocycles. The molecular weight excluding hydrogens is 360 g/mol. The van der Waals surface area contributed by atoms with Gasteiger partial charge in [0.2, 0.25) is 5.71 Å². The molecule has 0 aliphatic carbocycles. The predicted octanol–water partition coefficient (Wildman–Crippen LogP) is 3.20. The molecule has 0 radical (unpaired) electrons. The van der Waals surface area contributed by atoms with Crippen molar-refractivity contribution < 1.29 is 9.25 Å². The summed E-state index contributed by atoms with van der Waals surface area (Å²) in [5.74, 6) is 0.850. The largest absolute Gasteiger partial charge is 0.403 e. The monoisotopic (exact) mass is 388 g/mol. The van der Waals surface area contributed by atoms with Crippen LogP contribution in [0.15, 0.2) is 25.2 Å². The van der Waals surface area contributed by atoms with Crippen LogP contribution in [-0.4, -0.2) is 33.8 Å². The number of hydrogen-bond acceptors (Lipinski definition) is 6. The van der Waals surface area contributed by atoms with Crippen LogP contribution in [0.4, 0.5) is 0 Å². The smallest absolute Gasteiger partial charge is 0.337 e. The zero-order chi connectivity index (χ0) is 19.9. The quantitative estimate of drug-likeness (QED) is 0.444. The normalized spacial score (nSPS) is 15.2. The van der Waals surface area contributed by atoms with Gasteiger partial charge in [0.05, 0.1) is 0 Å². The second-order valence-electron chi connectivity index (χ2n) is 7.14. The first-order valence-corrected chi connectivity index (χ1v) is 10.2. The topological polar surface area (TPSA) is 101 Å². The average molecular weight is 388 g/mol. The van der Waals surface area contributed by atoms with Crippen LogP contribution in [0.5, 0.6) is 6.01 Å². The van der Waals surface area contributed by atoms with Crippen molar-refractivity contribution in [1.29, 1.82) is 0 Å². The summed E-state index contributed by atoms with van der Waals surface area (Å²) in [5, 5.41) is 4.54. The molecule has 2 aromatic heterocycles. The number of unbranched alkanes of at least 4 members (excludes halogenated alkanes) is 1. The van der Waals surface area contributed by atoms with Crippen molar-refractivity contribution in [3.05, 3.63) is 32.4 Å². The van der Waals surface area contributed by atoms with Crippen LogP contribution in [0, 0.1) is 0 Å². The van der Waals surface area contributed by atoms with E-state index in [0.29, 0.717) is 17.4 Å². The number of hydrogen-bond donors (Lipinski definition) is 1. The molecule has 0 atom stereocenters. The molecular formula is C20H28N4O4. The number of H-pyrrole nitrogens is 1. The lowest BCUT2D eigenvalue weighted by Gasteiger charge is -2.29. The number of aromatic amines is 1. The Labute approximate surface area is 163 Å². The summed E-state index contributed by atoms with van der Waals surface area (Å²) in [6.45, 7) is 6.05. The van der Waals surface area contributed by atoms with E-state index in [2.05, 4.69) is 33.9 Å². The van der Waals surface area contributed by atoms with E-state index >= 15 is 0 Å². The van der Waals surface area contributed by atoms with Crippen molar-refractivity contribution in [3.8, 4) is 6.01 Å². The second kappa shape index (κ2) is 9.52. The number of fused-ring (bicyclic) bond motifs is 1. The maximum Gasteiger partial charge on any atom is 0.337 e. The molecule has 8 heteroatoms. The Hall–Kier alpha value is -2.64. The fraction of sp³-hybridized carbons (Fsp3) is 0.600. The highest BCUT2D eigenvalue weighted by Crippen LogP contribution is 2.16.